The highest BCUT2D eigenvalue weighted by Gasteiger charge is 2.76. The maximum atomic E-state index is 13.6. The predicted molar refractivity (Wildman–Crippen MR) is 123 cm³/mol. The van der Waals surface area contributed by atoms with Crippen LogP contribution in [0.1, 0.15) is 11.3 Å². The fraction of sp³-hybridized carbons (Fsp3) is 0.261. The summed E-state index contributed by atoms with van der Waals surface area (Å²) in [5.41, 5.74) is 1.68. The standard InChI is InChI=1S/C23H19ClF2N4O6/c1-11-18(29-22(34)35-9-8-12-4-2-3-5-14(12)24)19(36-30-11)15-7-6-13(10-27-15)28-20(31)16-17(21(32)33)23(16,25)26/h2-7,10,16-17H,8-9H2,1H3,(H,28,31)(H,29,34)(H,32,33)/t16-,17-/m1/s1. The van der Waals surface area contributed by atoms with Crippen LogP contribution in [-0.2, 0) is 20.7 Å². The highest BCUT2D eigenvalue weighted by atomic mass is 35.5. The summed E-state index contributed by atoms with van der Waals surface area (Å²) in [4.78, 5) is 39.3. The number of carboxylic acids is 1. The van der Waals surface area contributed by atoms with Crippen molar-refractivity contribution >= 4 is 40.9 Å². The summed E-state index contributed by atoms with van der Waals surface area (Å²) in [5, 5.41) is 18.0. The lowest BCUT2D eigenvalue weighted by molar-refractivity contribution is -0.141. The van der Waals surface area contributed by atoms with E-state index in [1.54, 1.807) is 19.1 Å². The number of nitrogens with one attached hydrogen (secondary N) is 2. The number of hydrogen-bond acceptors (Lipinski definition) is 7. The average molecular weight is 521 g/mol. The number of alkyl halides is 2. The number of ether oxygens (including phenoxy) is 1. The molecule has 3 N–H and O–H groups in total. The number of pyridine rings is 1. The zero-order chi connectivity index (χ0) is 26.0. The van der Waals surface area contributed by atoms with E-state index in [0.717, 1.165) is 5.56 Å². The van der Waals surface area contributed by atoms with Crippen LogP contribution in [0.5, 0.6) is 0 Å². The Balaban J connectivity index is 1.37. The fourth-order valence-electron chi connectivity index (χ4n) is 3.57. The highest BCUT2D eigenvalue weighted by molar-refractivity contribution is 6.31. The number of halogens is 3. The normalized spacial score (nSPS) is 17.8. The van der Waals surface area contributed by atoms with E-state index in [9.17, 15) is 23.2 Å². The van der Waals surface area contributed by atoms with E-state index in [1.807, 2.05) is 12.1 Å². The SMILES string of the molecule is Cc1noc(-c2ccc(NC(=O)[C@H]3[C@H](C(=O)O)C3(F)F)cn2)c1NC(=O)OCCc1ccccc1Cl. The molecule has 2 amide bonds. The first-order valence-electron chi connectivity index (χ1n) is 10.6. The Morgan fingerprint density at radius 2 is 1.92 bits per heavy atom. The van der Waals surface area contributed by atoms with Crippen molar-refractivity contribution in [2.45, 2.75) is 19.3 Å². The van der Waals surface area contributed by atoms with Gasteiger partial charge in [0.05, 0.1) is 18.5 Å². The molecule has 0 aliphatic heterocycles. The summed E-state index contributed by atoms with van der Waals surface area (Å²) in [6.07, 6.45) is 0.835. The van der Waals surface area contributed by atoms with Crippen LogP contribution >= 0.6 is 11.6 Å². The molecule has 1 aliphatic carbocycles. The third kappa shape index (κ3) is 5.13. The van der Waals surface area contributed by atoms with Gasteiger partial charge in [-0.05, 0) is 30.7 Å². The van der Waals surface area contributed by atoms with E-state index >= 15 is 0 Å². The summed E-state index contributed by atoms with van der Waals surface area (Å²) in [7, 11) is 0. The molecule has 0 radical (unpaired) electrons. The molecule has 0 spiro atoms. The van der Waals surface area contributed by atoms with Gasteiger partial charge in [-0.2, -0.15) is 0 Å². The molecule has 4 rings (SSSR count). The first kappa shape index (κ1) is 25.0. The zero-order valence-corrected chi connectivity index (χ0v) is 19.4. The second kappa shape index (κ2) is 9.90. The number of aromatic nitrogens is 2. The molecule has 0 saturated heterocycles. The Hall–Kier alpha value is -4.06. The van der Waals surface area contributed by atoms with Crippen LogP contribution in [0, 0.1) is 18.8 Å². The van der Waals surface area contributed by atoms with Crippen LogP contribution in [0.3, 0.4) is 0 Å². The second-order valence-electron chi connectivity index (χ2n) is 7.96. The average Bonchev–Trinajstić information content (AvgIpc) is 3.26. The van der Waals surface area contributed by atoms with Crippen molar-refractivity contribution in [3.05, 3.63) is 58.9 Å². The van der Waals surface area contributed by atoms with E-state index in [-0.39, 0.29) is 29.4 Å². The van der Waals surface area contributed by atoms with Gasteiger partial charge in [0, 0.05) is 11.4 Å². The molecule has 1 aromatic carbocycles. The topological polar surface area (TPSA) is 144 Å². The molecule has 188 valence electrons. The van der Waals surface area contributed by atoms with Gasteiger partial charge in [0.15, 0.2) is 0 Å². The molecule has 3 aromatic rings. The lowest BCUT2D eigenvalue weighted by atomic mass is 10.2. The molecule has 1 saturated carbocycles. The Labute approximate surface area is 207 Å². The number of nitrogens with zero attached hydrogens (tertiary/aromatic N) is 2. The van der Waals surface area contributed by atoms with Crippen LogP contribution in [0.25, 0.3) is 11.5 Å². The van der Waals surface area contributed by atoms with E-state index in [4.69, 9.17) is 26.0 Å². The smallest absolute Gasteiger partial charge is 0.411 e. The number of amides is 2. The maximum Gasteiger partial charge on any atom is 0.411 e. The second-order valence-corrected chi connectivity index (χ2v) is 8.37. The summed E-state index contributed by atoms with van der Waals surface area (Å²) in [6, 6.07) is 9.95. The van der Waals surface area contributed by atoms with Crippen molar-refractivity contribution in [1.29, 1.82) is 0 Å². The zero-order valence-electron chi connectivity index (χ0n) is 18.6. The molecule has 0 unspecified atom stereocenters. The lowest BCUT2D eigenvalue weighted by Gasteiger charge is -2.08. The Morgan fingerprint density at radius 1 is 1.17 bits per heavy atom. The number of carbonyl (C=O) groups is 3. The van der Waals surface area contributed by atoms with Gasteiger partial charge >= 0.3 is 12.1 Å². The molecule has 2 aromatic heterocycles. The quantitative estimate of drug-likeness (QED) is 0.396. The van der Waals surface area contributed by atoms with Crippen molar-refractivity contribution in [3.63, 3.8) is 0 Å². The number of hydrogen-bond donors (Lipinski definition) is 3. The molecule has 2 heterocycles. The number of aliphatic carboxylic acids is 1. The molecule has 36 heavy (non-hydrogen) atoms. The van der Waals surface area contributed by atoms with Gasteiger partial charge in [0.2, 0.25) is 11.7 Å². The van der Waals surface area contributed by atoms with Gasteiger partial charge in [0.25, 0.3) is 5.92 Å². The highest BCUT2D eigenvalue weighted by Crippen LogP contribution is 2.55. The van der Waals surface area contributed by atoms with Gasteiger partial charge in [0.1, 0.15) is 28.9 Å². The fourth-order valence-corrected chi connectivity index (χ4v) is 3.80. The van der Waals surface area contributed by atoms with E-state index in [2.05, 4.69) is 20.8 Å². The molecule has 1 fully saturated rings. The molecule has 13 heteroatoms. The van der Waals surface area contributed by atoms with Crippen molar-refractivity contribution < 1.29 is 37.5 Å². The van der Waals surface area contributed by atoms with Gasteiger partial charge < -0.3 is 19.7 Å². The first-order chi connectivity index (χ1) is 17.1. The molecular weight excluding hydrogens is 502 g/mol. The van der Waals surface area contributed by atoms with Gasteiger partial charge in [-0.15, -0.1) is 0 Å². The first-order valence-corrected chi connectivity index (χ1v) is 11.0. The molecular formula is C23H19ClF2N4O6. The van der Waals surface area contributed by atoms with Crippen molar-refractivity contribution in [2.75, 3.05) is 17.2 Å². The third-order valence-electron chi connectivity index (χ3n) is 5.52. The molecule has 10 nitrogen and oxygen atoms in total. The van der Waals surface area contributed by atoms with Crippen molar-refractivity contribution in [3.8, 4) is 11.5 Å². The number of carboxylic acid groups (broad SMARTS) is 1. The van der Waals surface area contributed by atoms with Crippen molar-refractivity contribution in [1.82, 2.24) is 10.1 Å². The molecule has 0 bridgehead atoms. The maximum absolute atomic E-state index is 13.6. The summed E-state index contributed by atoms with van der Waals surface area (Å²) >= 11 is 6.09. The number of aryl methyl sites for hydroxylation is 1. The summed E-state index contributed by atoms with van der Waals surface area (Å²) in [5.74, 6) is -10.4. The van der Waals surface area contributed by atoms with Crippen LogP contribution in [0.15, 0.2) is 47.1 Å². The minimum atomic E-state index is -3.61. The largest absolute Gasteiger partial charge is 0.481 e. The number of rotatable bonds is 8. The van der Waals surface area contributed by atoms with Gasteiger partial charge in [-0.1, -0.05) is 35.0 Å². The lowest BCUT2D eigenvalue weighted by Crippen LogP contribution is -2.18. The Kier molecular flexibility index (Phi) is 6.88. The minimum Gasteiger partial charge on any atom is -0.481 e. The monoisotopic (exact) mass is 520 g/mol. The Bertz CT molecular complexity index is 1310. The number of benzene rings is 1. The summed E-state index contributed by atoms with van der Waals surface area (Å²) < 4.78 is 37.6. The summed E-state index contributed by atoms with van der Waals surface area (Å²) in [6.45, 7) is 1.67. The third-order valence-corrected chi connectivity index (χ3v) is 5.89. The van der Waals surface area contributed by atoms with Crippen molar-refractivity contribution in [2.24, 2.45) is 11.8 Å². The van der Waals surface area contributed by atoms with Gasteiger partial charge in [-0.25, -0.2) is 13.6 Å². The van der Waals surface area contributed by atoms with Crippen LogP contribution in [-0.4, -0.2) is 45.7 Å². The van der Waals surface area contributed by atoms with E-state index in [0.29, 0.717) is 17.1 Å². The Morgan fingerprint density at radius 3 is 2.56 bits per heavy atom. The molecule has 1 aliphatic rings. The van der Waals surface area contributed by atoms with Crippen LogP contribution < -0.4 is 10.6 Å². The van der Waals surface area contributed by atoms with Crippen LogP contribution in [0.2, 0.25) is 5.02 Å². The predicted octanol–water partition coefficient (Wildman–Crippen LogP) is 4.39. The number of carbonyl (C=O) groups excluding carboxylic acids is 2. The molecule has 2 atom stereocenters. The minimum absolute atomic E-state index is 0.0697. The van der Waals surface area contributed by atoms with E-state index < -0.39 is 35.7 Å². The van der Waals surface area contributed by atoms with E-state index in [1.165, 1.54) is 18.3 Å². The number of anilines is 2. The van der Waals surface area contributed by atoms with Crippen LogP contribution in [0.4, 0.5) is 25.0 Å². The van der Waals surface area contributed by atoms with Gasteiger partial charge in [-0.3, -0.25) is 19.9 Å².